The van der Waals surface area contributed by atoms with Crippen LogP contribution in [0.15, 0.2) is 35.2 Å². The minimum atomic E-state index is -0.941. The van der Waals surface area contributed by atoms with Crippen LogP contribution in [0.3, 0.4) is 0 Å². The van der Waals surface area contributed by atoms with Crippen molar-refractivity contribution < 1.29 is 13.8 Å². The molecule has 6 heteroatoms. The Bertz CT molecular complexity index is 329. The van der Waals surface area contributed by atoms with Gasteiger partial charge < -0.3 is 9.92 Å². The molecule has 0 aliphatic rings. The molecule has 0 spiro atoms. The second kappa shape index (κ2) is 5.13. The molecule has 0 unspecified atom stereocenters. The highest BCUT2D eigenvalue weighted by Crippen LogP contribution is 2.17. The minimum absolute atomic E-state index is 0.757. The molecule has 0 aliphatic carbocycles. The number of hydrogen-bond acceptors (Lipinski definition) is 4. The molecule has 1 aromatic carbocycles. The Morgan fingerprint density at radius 1 is 1.29 bits per heavy atom. The molecule has 0 bridgehead atoms. The topological polar surface area (TPSA) is 81.4 Å². The van der Waals surface area contributed by atoms with Crippen LogP contribution in [0.2, 0.25) is 0 Å². The fourth-order valence-electron chi connectivity index (χ4n) is 0.683. The lowest BCUT2D eigenvalue weighted by molar-refractivity contribution is 0.206. The minimum Gasteiger partial charge on any atom is -0.369 e. The molecule has 3 N–H and O–H groups in total. The summed E-state index contributed by atoms with van der Waals surface area (Å²) in [5.41, 5.74) is 4.70. The Morgan fingerprint density at radius 3 is 2.50 bits per heavy atom. The van der Waals surface area contributed by atoms with Crippen molar-refractivity contribution in [2.24, 2.45) is 5.73 Å². The van der Waals surface area contributed by atoms with Gasteiger partial charge in [0.05, 0.1) is 12.0 Å². The van der Waals surface area contributed by atoms with E-state index in [4.69, 9.17) is 5.73 Å². The Hall–Kier alpha value is -1.69. The monoisotopic (exact) mass is 212 g/mol. The average Bonchev–Trinajstić information content (AvgIpc) is 2.15. The summed E-state index contributed by atoms with van der Waals surface area (Å²) in [6, 6.07) is 8.04. The molecule has 0 saturated heterocycles. The van der Waals surface area contributed by atoms with Crippen molar-refractivity contribution in [3.63, 3.8) is 0 Å². The predicted octanol–water partition coefficient (Wildman–Crippen LogP) is 1.50. The first kappa shape index (κ1) is 10.4. The van der Waals surface area contributed by atoms with E-state index < -0.39 is 12.1 Å². The molecule has 0 aliphatic heterocycles. The number of carbonyl (C=O) groups is 2. The summed E-state index contributed by atoms with van der Waals surface area (Å²) >= 11 is 0.851. The first-order chi connectivity index (χ1) is 6.68. The lowest BCUT2D eigenvalue weighted by Gasteiger charge is -2.01. The largest absolute Gasteiger partial charge is 0.427 e. The molecule has 3 amide bonds. The standard InChI is InChI=1S/C8H8N2O3S/c9-7(11)10-8(12)13-14-6-4-2-1-3-5-6/h1-5H,(H3,9,10,11,12). The number of nitrogens with one attached hydrogen (secondary N) is 1. The fourth-order valence-corrected chi connectivity index (χ4v) is 1.17. The summed E-state index contributed by atoms with van der Waals surface area (Å²) in [5.74, 6) is 0. The van der Waals surface area contributed by atoms with Crippen LogP contribution in [0, 0.1) is 0 Å². The van der Waals surface area contributed by atoms with Gasteiger partial charge in [0.1, 0.15) is 0 Å². The van der Waals surface area contributed by atoms with Crippen LogP contribution < -0.4 is 11.1 Å². The van der Waals surface area contributed by atoms with E-state index in [2.05, 4.69) is 4.18 Å². The molecule has 0 fully saturated rings. The number of amides is 3. The maximum Gasteiger partial charge on any atom is 0.427 e. The zero-order valence-electron chi connectivity index (χ0n) is 7.10. The highest BCUT2D eigenvalue weighted by molar-refractivity contribution is 7.95. The van der Waals surface area contributed by atoms with Crippen LogP contribution >= 0.6 is 12.0 Å². The quantitative estimate of drug-likeness (QED) is 0.728. The van der Waals surface area contributed by atoms with Gasteiger partial charge in [0.15, 0.2) is 0 Å². The highest BCUT2D eigenvalue weighted by Gasteiger charge is 2.05. The van der Waals surface area contributed by atoms with Crippen LogP contribution in [0.25, 0.3) is 0 Å². The number of urea groups is 1. The van der Waals surface area contributed by atoms with Gasteiger partial charge in [-0.3, -0.25) is 0 Å². The lowest BCUT2D eigenvalue weighted by Crippen LogP contribution is -2.34. The number of carbonyl (C=O) groups excluding carboxylic acids is 2. The first-order valence-electron chi connectivity index (χ1n) is 3.68. The summed E-state index contributed by atoms with van der Waals surface area (Å²) in [5, 5.41) is 1.77. The van der Waals surface area contributed by atoms with Gasteiger partial charge in [-0.15, -0.1) is 0 Å². The third kappa shape index (κ3) is 3.81. The molecular weight excluding hydrogens is 204 g/mol. The highest BCUT2D eigenvalue weighted by atomic mass is 32.2. The Balaban J connectivity index is 2.34. The van der Waals surface area contributed by atoms with Crippen LogP contribution in [0.1, 0.15) is 0 Å². The van der Waals surface area contributed by atoms with Gasteiger partial charge in [0.2, 0.25) is 0 Å². The summed E-state index contributed by atoms with van der Waals surface area (Å²) in [4.78, 5) is 21.8. The van der Waals surface area contributed by atoms with E-state index in [1.54, 1.807) is 29.6 Å². The van der Waals surface area contributed by atoms with Crippen molar-refractivity contribution >= 4 is 24.2 Å². The van der Waals surface area contributed by atoms with Crippen molar-refractivity contribution in [2.45, 2.75) is 4.90 Å². The van der Waals surface area contributed by atoms with E-state index in [1.807, 2.05) is 6.07 Å². The molecule has 5 nitrogen and oxygen atoms in total. The van der Waals surface area contributed by atoms with Gasteiger partial charge in [-0.25, -0.2) is 14.9 Å². The van der Waals surface area contributed by atoms with Crippen LogP contribution in [-0.4, -0.2) is 12.1 Å². The Morgan fingerprint density at radius 2 is 1.93 bits per heavy atom. The molecule has 74 valence electrons. The van der Waals surface area contributed by atoms with E-state index in [9.17, 15) is 9.59 Å². The number of nitrogens with two attached hydrogens (primary N) is 1. The normalized spacial score (nSPS) is 9.14. The molecule has 14 heavy (non-hydrogen) atoms. The second-order valence-corrected chi connectivity index (χ2v) is 3.06. The summed E-state index contributed by atoms with van der Waals surface area (Å²) in [6.07, 6.45) is -0.883. The number of benzene rings is 1. The zero-order valence-corrected chi connectivity index (χ0v) is 7.91. The molecule has 0 radical (unpaired) electrons. The van der Waals surface area contributed by atoms with E-state index in [1.165, 1.54) is 0 Å². The third-order valence-electron chi connectivity index (χ3n) is 1.18. The van der Waals surface area contributed by atoms with Gasteiger partial charge in [-0.2, -0.15) is 0 Å². The maximum absolute atomic E-state index is 10.8. The maximum atomic E-state index is 10.8. The summed E-state index contributed by atoms with van der Waals surface area (Å²) in [7, 11) is 0. The molecule has 0 aromatic heterocycles. The average molecular weight is 212 g/mol. The van der Waals surface area contributed by atoms with Gasteiger partial charge in [-0.05, 0) is 12.1 Å². The van der Waals surface area contributed by atoms with Gasteiger partial charge in [0.25, 0.3) is 0 Å². The van der Waals surface area contributed by atoms with Crippen LogP contribution in [-0.2, 0) is 4.18 Å². The molecular formula is C8H8N2O3S. The number of imide groups is 1. The second-order valence-electron chi connectivity index (χ2n) is 2.26. The Kier molecular flexibility index (Phi) is 3.81. The van der Waals surface area contributed by atoms with E-state index in [0.29, 0.717) is 0 Å². The van der Waals surface area contributed by atoms with Gasteiger partial charge >= 0.3 is 12.1 Å². The van der Waals surface area contributed by atoms with E-state index in [0.717, 1.165) is 16.9 Å². The fraction of sp³-hybridized carbons (Fsp3) is 0. The van der Waals surface area contributed by atoms with Crippen molar-refractivity contribution in [2.75, 3.05) is 0 Å². The van der Waals surface area contributed by atoms with Crippen molar-refractivity contribution in [3.8, 4) is 0 Å². The molecule has 0 heterocycles. The Labute approximate surface area is 84.8 Å². The van der Waals surface area contributed by atoms with Crippen molar-refractivity contribution in [3.05, 3.63) is 30.3 Å². The lowest BCUT2D eigenvalue weighted by atomic mass is 10.4. The number of primary amides is 1. The van der Waals surface area contributed by atoms with Crippen molar-refractivity contribution in [1.29, 1.82) is 0 Å². The van der Waals surface area contributed by atoms with Gasteiger partial charge in [-0.1, -0.05) is 18.2 Å². The zero-order chi connectivity index (χ0) is 10.4. The third-order valence-corrected chi connectivity index (χ3v) is 1.88. The van der Waals surface area contributed by atoms with Crippen LogP contribution in [0.4, 0.5) is 9.59 Å². The predicted molar refractivity (Wildman–Crippen MR) is 51.5 cm³/mol. The van der Waals surface area contributed by atoms with Gasteiger partial charge in [0, 0.05) is 4.90 Å². The molecule has 0 saturated carbocycles. The number of rotatable bonds is 2. The first-order valence-corrected chi connectivity index (χ1v) is 4.42. The summed E-state index contributed by atoms with van der Waals surface area (Å²) < 4.78 is 4.60. The smallest absolute Gasteiger partial charge is 0.369 e. The van der Waals surface area contributed by atoms with Crippen LogP contribution in [0.5, 0.6) is 0 Å². The summed E-state index contributed by atoms with van der Waals surface area (Å²) in [6.45, 7) is 0. The SMILES string of the molecule is NC(=O)NC(=O)OSc1ccccc1. The van der Waals surface area contributed by atoms with E-state index in [-0.39, 0.29) is 0 Å². The molecule has 1 aromatic rings. The van der Waals surface area contributed by atoms with Crippen molar-refractivity contribution in [1.82, 2.24) is 5.32 Å². The van der Waals surface area contributed by atoms with E-state index >= 15 is 0 Å². The molecule has 1 rings (SSSR count). The molecule has 0 atom stereocenters. The number of hydrogen-bond donors (Lipinski definition) is 2.